The molecule has 1 aromatic carbocycles. The summed E-state index contributed by atoms with van der Waals surface area (Å²) in [6, 6.07) is 7.60. The number of carbonyl (C=O) groups excluding carboxylic acids is 1. The molecule has 0 atom stereocenters. The average molecular weight is 415 g/mol. The molecule has 1 aromatic rings. The molecule has 0 bridgehead atoms. The molecule has 0 heterocycles. The first-order valence-electron chi connectivity index (χ1n) is 4.34. The molecule has 0 unspecified atom stereocenters. The first-order valence-corrected chi connectivity index (χ1v) is 6.94. The second-order valence-electron chi connectivity index (χ2n) is 2.81. The Balaban J connectivity index is 2.52. The van der Waals surface area contributed by atoms with Gasteiger partial charge in [-0.2, -0.15) is 0 Å². The second-order valence-corrected chi connectivity index (χ2v) is 5.13. The van der Waals surface area contributed by atoms with E-state index >= 15 is 0 Å². The summed E-state index contributed by atoms with van der Waals surface area (Å²) in [5.41, 5.74) is 0.741. The molecular weight excluding hydrogens is 404 g/mol. The van der Waals surface area contributed by atoms with Crippen LogP contribution in [0, 0.1) is 3.57 Å². The van der Waals surface area contributed by atoms with Gasteiger partial charge in [-0.15, -0.1) is 0 Å². The van der Waals surface area contributed by atoms with Crippen LogP contribution in [-0.4, -0.2) is 16.9 Å². The minimum Gasteiger partial charge on any atom is -0.352 e. The first kappa shape index (κ1) is 12.2. The Kier molecular flexibility index (Phi) is 5.76. The van der Waals surface area contributed by atoms with E-state index in [9.17, 15) is 4.79 Å². The molecule has 0 aromatic heterocycles. The van der Waals surface area contributed by atoms with Gasteiger partial charge in [0.25, 0.3) is 5.91 Å². The van der Waals surface area contributed by atoms with E-state index in [-0.39, 0.29) is 5.91 Å². The summed E-state index contributed by atoms with van der Waals surface area (Å²) in [7, 11) is 0. The molecule has 0 aliphatic heterocycles. The van der Waals surface area contributed by atoms with Crippen molar-refractivity contribution < 1.29 is 4.79 Å². The number of hydrogen-bond donors (Lipinski definition) is 1. The number of rotatable bonds is 4. The summed E-state index contributed by atoms with van der Waals surface area (Å²) in [5, 5.41) is 2.88. The fraction of sp³-hybridized carbons (Fsp3) is 0.300. The van der Waals surface area contributed by atoms with Crippen LogP contribution in [0.25, 0.3) is 0 Å². The minimum atomic E-state index is 0.0216. The number of halogens is 2. The van der Waals surface area contributed by atoms with Crippen molar-refractivity contribution in [1.29, 1.82) is 0 Å². The highest BCUT2D eigenvalue weighted by Gasteiger charge is 2.03. The summed E-state index contributed by atoms with van der Waals surface area (Å²) in [6.07, 6.45) is 1.02. The third kappa shape index (κ3) is 4.12. The van der Waals surface area contributed by atoms with Gasteiger partial charge in [0, 0.05) is 20.1 Å². The number of alkyl halides is 1. The van der Waals surface area contributed by atoms with Gasteiger partial charge in [0.2, 0.25) is 0 Å². The van der Waals surface area contributed by atoms with Gasteiger partial charge in [0.1, 0.15) is 0 Å². The Morgan fingerprint density at radius 1 is 1.43 bits per heavy atom. The van der Waals surface area contributed by atoms with E-state index in [4.69, 9.17) is 0 Å². The number of amides is 1. The van der Waals surface area contributed by atoms with Crippen LogP contribution in [0.1, 0.15) is 16.8 Å². The molecule has 1 N–H and O–H groups in total. The zero-order valence-corrected chi connectivity index (χ0v) is 11.9. The number of nitrogens with one attached hydrogen (secondary N) is 1. The van der Waals surface area contributed by atoms with Gasteiger partial charge < -0.3 is 5.32 Å². The summed E-state index contributed by atoms with van der Waals surface area (Å²) in [4.78, 5) is 11.6. The lowest BCUT2D eigenvalue weighted by atomic mass is 10.2. The lowest BCUT2D eigenvalue weighted by Crippen LogP contribution is -2.24. The number of carbonyl (C=O) groups is 1. The summed E-state index contributed by atoms with van der Waals surface area (Å²) in [5.74, 6) is 0.0216. The average Bonchev–Trinajstić information content (AvgIpc) is 2.18. The standard InChI is InChI=1S/C10H11I2NO/c11-5-2-6-13-10(14)8-3-1-4-9(12)7-8/h1,3-4,7H,2,5-6H2,(H,13,14). The number of hydrogen-bond acceptors (Lipinski definition) is 1. The molecule has 0 radical (unpaired) electrons. The van der Waals surface area contributed by atoms with Crippen LogP contribution in [0.5, 0.6) is 0 Å². The van der Waals surface area contributed by atoms with Crippen LogP contribution in [-0.2, 0) is 0 Å². The van der Waals surface area contributed by atoms with Crippen molar-refractivity contribution in [2.24, 2.45) is 0 Å². The third-order valence-corrected chi connectivity index (χ3v) is 3.12. The normalized spacial score (nSPS) is 9.86. The van der Waals surface area contributed by atoms with Crippen molar-refractivity contribution in [3.05, 3.63) is 33.4 Å². The Labute approximate surface area is 111 Å². The maximum atomic E-state index is 11.6. The molecule has 1 amide bonds. The molecule has 14 heavy (non-hydrogen) atoms. The Hall–Kier alpha value is 0.150. The van der Waals surface area contributed by atoms with Crippen molar-refractivity contribution in [3.8, 4) is 0 Å². The SMILES string of the molecule is O=C(NCCCI)c1cccc(I)c1. The molecule has 1 rings (SSSR count). The second kappa shape index (κ2) is 6.60. The highest BCUT2D eigenvalue weighted by atomic mass is 127. The monoisotopic (exact) mass is 415 g/mol. The molecule has 0 saturated carbocycles. The summed E-state index contributed by atoms with van der Waals surface area (Å²) in [6.45, 7) is 0.757. The topological polar surface area (TPSA) is 29.1 Å². The van der Waals surface area contributed by atoms with Gasteiger partial charge in [0.15, 0.2) is 0 Å². The van der Waals surface area contributed by atoms with E-state index in [1.165, 1.54) is 0 Å². The maximum Gasteiger partial charge on any atom is 0.251 e. The zero-order chi connectivity index (χ0) is 10.4. The smallest absolute Gasteiger partial charge is 0.251 e. The molecule has 2 nitrogen and oxygen atoms in total. The lowest BCUT2D eigenvalue weighted by molar-refractivity contribution is 0.0954. The summed E-state index contributed by atoms with van der Waals surface area (Å²) >= 11 is 4.50. The van der Waals surface area contributed by atoms with Crippen LogP contribution < -0.4 is 5.32 Å². The zero-order valence-electron chi connectivity index (χ0n) is 7.59. The van der Waals surface area contributed by atoms with Crippen molar-refractivity contribution in [2.45, 2.75) is 6.42 Å². The lowest BCUT2D eigenvalue weighted by Gasteiger charge is -2.03. The largest absolute Gasteiger partial charge is 0.352 e. The Morgan fingerprint density at radius 3 is 2.86 bits per heavy atom. The first-order chi connectivity index (χ1) is 6.74. The van der Waals surface area contributed by atoms with Crippen LogP contribution in [0.2, 0.25) is 0 Å². The quantitative estimate of drug-likeness (QED) is 0.458. The number of benzene rings is 1. The van der Waals surface area contributed by atoms with E-state index in [0.717, 1.165) is 26.5 Å². The van der Waals surface area contributed by atoms with E-state index in [1.54, 1.807) is 0 Å². The van der Waals surface area contributed by atoms with Crippen LogP contribution in [0.3, 0.4) is 0 Å². The Morgan fingerprint density at radius 2 is 2.21 bits per heavy atom. The van der Waals surface area contributed by atoms with Crippen LogP contribution in [0.15, 0.2) is 24.3 Å². The van der Waals surface area contributed by atoms with Crippen molar-refractivity contribution in [2.75, 3.05) is 11.0 Å². The summed E-state index contributed by atoms with van der Waals surface area (Å²) < 4.78 is 2.16. The molecule has 0 aliphatic carbocycles. The van der Waals surface area contributed by atoms with Crippen molar-refractivity contribution in [1.82, 2.24) is 5.32 Å². The highest BCUT2D eigenvalue weighted by molar-refractivity contribution is 14.1. The Bertz CT molecular complexity index is 315. The predicted octanol–water partition coefficient (Wildman–Crippen LogP) is 2.85. The molecule has 0 saturated heterocycles. The molecular formula is C10H11I2NO. The van der Waals surface area contributed by atoms with Crippen molar-refractivity contribution >= 4 is 51.1 Å². The van der Waals surface area contributed by atoms with Crippen LogP contribution in [0.4, 0.5) is 0 Å². The molecule has 4 heteroatoms. The minimum absolute atomic E-state index is 0.0216. The van der Waals surface area contributed by atoms with Gasteiger partial charge in [-0.05, 0) is 47.2 Å². The van der Waals surface area contributed by atoms with E-state index < -0.39 is 0 Å². The molecule has 0 aliphatic rings. The van der Waals surface area contributed by atoms with E-state index in [0.29, 0.717) is 0 Å². The van der Waals surface area contributed by atoms with E-state index in [1.807, 2.05) is 24.3 Å². The maximum absolute atomic E-state index is 11.6. The molecule has 0 fully saturated rings. The van der Waals surface area contributed by atoms with Crippen molar-refractivity contribution in [3.63, 3.8) is 0 Å². The van der Waals surface area contributed by atoms with Gasteiger partial charge in [0.05, 0.1) is 0 Å². The third-order valence-electron chi connectivity index (χ3n) is 1.68. The molecule has 0 spiro atoms. The fourth-order valence-corrected chi connectivity index (χ4v) is 1.93. The predicted molar refractivity (Wildman–Crippen MR) is 75.0 cm³/mol. The molecule has 76 valence electrons. The van der Waals surface area contributed by atoms with Gasteiger partial charge in [-0.25, -0.2) is 0 Å². The fourth-order valence-electron chi connectivity index (χ4n) is 1.00. The van der Waals surface area contributed by atoms with Crippen LogP contribution >= 0.6 is 45.2 Å². The van der Waals surface area contributed by atoms with Gasteiger partial charge in [-0.1, -0.05) is 28.7 Å². The van der Waals surface area contributed by atoms with Gasteiger partial charge >= 0.3 is 0 Å². The van der Waals surface area contributed by atoms with Gasteiger partial charge in [-0.3, -0.25) is 4.79 Å². The van der Waals surface area contributed by atoms with E-state index in [2.05, 4.69) is 50.5 Å². The highest BCUT2D eigenvalue weighted by Crippen LogP contribution is 2.07.